The molecule has 16 nitrogen and oxygen atoms in total. The average Bonchev–Trinajstić information content (AvgIpc) is 3.59. The van der Waals surface area contributed by atoms with Crippen molar-refractivity contribution in [2.45, 2.75) is 55.8 Å². The Morgan fingerprint density at radius 3 is 2.37 bits per heavy atom. The highest BCUT2D eigenvalue weighted by Gasteiger charge is 2.16. The molecule has 0 radical (unpaired) electrons. The number of aromatic nitrogens is 5. The number of unbranched alkanes of at least 4 members (excludes halogenated alkanes) is 2. The normalized spacial score (nSPS) is 11.2. The van der Waals surface area contributed by atoms with Gasteiger partial charge in [-0.25, -0.2) is 13.6 Å². The van der Waals surface area contributed by atoms with Crippen molar-refractivity contribution in [1.82, 2.24) is 41.1 Å². The predicted molar refractivity (Wildman–Crippen MR) is 158 cm³/mol. The molecular formula is C21H37BN10O6S3. The Morgan fingerprint density at radius 2 is 1.68 bits per heavy atom. The quantitative estimate of drug-likeness (QED) is 0.0457. The van der Waals surface area contributed by atoms with Crippen LogP contribution < -0.4 is 26.3 Å². The molecule has 2 amide bonds. The zero-order valence-corrected chi connectivity index (χ0v) is 25.4. The van der Waals surface area contributed by atoms with Gasteiger partial charge in [0.25, 0.3) is 10.0 Å². The highest BCUT2D eigenvalue weighted by molar-refractivity contribution is 7.91. The van der Waals surface area contributed by atoms with Crippen LogP contribution in [0.5, 0.6) is 0 Å². The van der Waals surface area contributed by atoms with Crippen LogP contribution in [0, 0.1) is 0 Å². The first-order valence-electron chi connectivity index (χ1n) is 13.1. The van der Waals surface area contributed by atoms with E-state index in [0.29, 0.717) is 81.8 Å². The van der Waals surface area contributed by atoms with Crippen molar-refractivity contribution in [2.24, 2.45) is 5.14 Å². The molecule has 2 aromatic rings. The van der Waals surface area contributed by atoms with E-state index in [-0.39, 0.29) is 27.7 Å². The summed E-state index contributed by atoms with van der Waals surface area (Å²) < 4.78 is 34.7. The summed E-state index contributed by atoms with van der Waals surface area (Å²) in [5.41, 5.74) is 0.768. The number of sulfonamides is 1. The Bertz CT molecular complexity index is 1200. The molecule has 0 aliphatic heterocycles. The molecule has 0 fully saturated rings. The second-order valence-corrected chi connectivity index (χ2v) is 11.8. The van der Waals surface area contributed by atoms with Crippen LogP contribution in [0.3, 0.4) is 0 Å². The molecule has 2 heterocycles. The van der Waals surface area contributed by atoms with Crippen LogP contribution in [0.2, 0.25) is 0 Å². The average molecular weight is 633 g/mol. The van der Waals surface area contributed by atoms with Gasteiger partial charge in [-0.1, -0.05) is 23.0 Å². The summed E-state index contributed by atoms with van der Waals surface area (Å²) in [4.78, 5) is 24.0. The topological polar surface area (TPSA) is 217 Å². The van der Waals surface area contributed by atoms with Crippen LogP contribution in [-0.2, 0) is 42.1 Å². The molecule has 0 saturated carbocycles. The molecule has 0 atom stereocenters. The van der Waals surface area contributed by atoms with Crippen LogP contribution in [0.15, 0.2) is 10.5 Å². The molecule has 0 spiro atoms. The van der Waals surface area contributed by atoms with E-state index in [1.54, 1.807) is 12.7 Å². The monoisotopic (exact) mass is 632 g/mol. The van der Waals surface area contributed by atoms with Gasteiger partial charge in [-0.15, -0.1) is 15.3 Å². The van der Waals surface area contributed by atoms with Gasteiger partial charge in [0.05, 0.1) is 32.1 Å². The first-order valence-corrected chi connectivity index (χ1v) is 15.9. The number of anilines is 1. The minimum Gasteiger partial charge on any atom is -0.413 e. The molecule has 2 aromatic heterocycles. The molecule has 228 valence electrons. The van der Waals surface area contributed by atoms with Crippen molar-refractivity contribution >= 4 is 63.6 Å². The minimum atomic E-state index is -3.95. The third-order valence-corrected chi connectivity index (χ3v) is 7.81. The summed E-state index contributed by atoms with van der Waals surface area (Å²) in [7, 11) is -2.20. The number of ether oxygens (including phenoxy) is 2. The van der Waals surface area contributed by atoms with Crippen LogP contribution in [-0.4, -0.2) is 98.0 Å². The lowest BCUT2D eigenvalue weighted by molar-refractivity contribution is -0.121. The summed E-state index contributed by atoms with van der Waals surface area (Å²) in [5.74, 6) is -0.314. The van der Waals surface area contributed by atoms with E-state index in [1.807, 2.05) is 6.20 Å². The van der Waals surface area contributed by atoms with Gasteiger partial charge in [0.2, 0.25) is 29.3 Å². The highest BCUT2D eigenvalue weighted by atomic mass is 32.2. The van der Waals surface area contributed by atoms with Crippen molar-refractivity contribution < 1.29 is 27.5 Å². The van der Waals surface area contributed by atoms with E-state index < -0.39 is 10.0 Å². The lowest BCUT2D eigenvalue weighted by Gasteiger charge is -2.09. The Labute approximate surface area is 249 Å². The summed E-state index contributed by atoms with van der Waals surface area (Å²) in [5, 5.41) is 32.0. The fourth-order valence-corrected chi connectivity index (χ4v) is 4.74. The maximum absolute atomic E-state index is 12.0. The van der Waals surface area contributed by atoms with E-state index in [0.717, 1.165) is 25.0 Å². The van der Waals surface area contributed by atoms with E-state index in [9.17, 15) is 18.0 Å². The lowest BCUT2D eigenvalue weighted by atomic mass is 10.2. The largest absolute Gasteiger partial charge is 0.413 e. The number of thiocarbonyl (C=S) groups is 1. The molecule has 0 aromatic carbocycles. The number of carbonyl (C=O) groups excluding carboxylic acids is 2. The van der Waals surface area contributed by atoms with Gasteiger partial charge in [-0.05, 0) is 37.9 Å². The molecule has 6 N–H and O–H groups in total. The molecule has 2 rings (SSSR count). The number of hydrogen-bond acceptors (Lipinski definition) is 12. The second kappa shape index (κ2) is 19.4. The zero-order chi connectivity index (χ0) is 29.9. The van der Waals surface area contributed by atoms with Gasteiger partial charge >= 0.3 is 0 Å². The van der Waals surface area contributed by atoms with E-state index >= 15 is 0 Å². The first-order chi connectivity index (χ1) is 19.7. The SMILES string of the molecule is BNC(=S)NCCOCCOCCNC(=O)CCCCCn1cc(CCCC(=O)Nc2nnc(S(N)(=O)=O)s2)nn1. The van der Waals surface area contributed by atoms with E-state index in [2.05, 4.69) is 41.7 Å². The van der Waals surface area contributed by atoms with Gasteiger partial charge in [0.1, 0.15) is 0 Å². The number of rotatable bonds is 21. The van der Waals surface area contributed by atoms with Gasteiger partial charge in [0, 0.05) is 38.7 Å². The third-order valence-electron chi connectivity index (χ3n) is 5.31. The maximum atomic E-state index is 12.0. The molecule has 0 aliphatic carbocycles. The van der Waals surface area contributed by atoms with Crippen LogP contribution in [0.1, 0.15) is 44.2 Å². The minimum absolute atomic E-state index is 0.000479. The second-order valence-electron chi connectivity index (χ2n) is 8.68. The predicted octanol–water partition coefficient (Wildman–Crippen LogP) is -1.54. The van der Waals surface area contributed by atoms with Crippen molar-refractivity contribution in [1.29, 1.82) is 0 Å². The Kier molecular flexibility index (Phi) is 16.3. The maximum Gasteiger partial charge on any atom is 0.267 e. The summed E-state index contributed by atoms with van der Waals surface area (Å²) in [6.45, 7) is 3.68. The van der Waals surface area contributed by atoms with Gasteiger partial charge < -0.3 is 30.7 Å². The van der Waals surface area contributed by atoms with Crippen molar-refractivity contribution in [3.8, 4) is 0 Å². The standard InChI is InChI=1S/C21H37BN10O6S3/c22-27-19(39)25-9-12-38-14-13-37-11-8-24-17(33)6-2-1-3-10-32-15-16(28-31-32)5-4-7-18(34)26-20-29-30-21(40-20)41(23,35)36/h15H,1-14,22H2,(H,24,33)(H2,23,35,36)(H2,25,27,39)(H,26,29,34). The molecule has 20 heteroatoms. The summed E-state index contributed by atoms with van der Waals surface area (Å²) in [6.07, 6.45) is 6.10. The van der Waals surface area contributed by atoms with Gasteiger partial charge in [-0.3, -0.25) is 14.3 Å². The molecular weight excluding hydrogens is 595 g/mol. The smallest absolute Gasteiger partial charge is 0.267 e. The number of aryl methyl sites for hydroxylation is 2. The van der Waals surface area contributed by atoms with Gasteiger partial charge in [0.15, 0.2) is 5.11 Å². The molecule has 0 saturated heterocycles. The number of carbonyl (C=O) groups is 2. The molecule has 0 aliphatic rings. The van der Waals surface area contributed by atoms with Gasteiger partial charge in [-0.2, -0.15) is 0 Å². The zero-order valence-electron chi connectivity index (χ0n) is 23.0. The molecule has 41 heavy (non-hydrogen) atoms. The first kappa shape index (κ1) is 34.4. The van der Waals surface area contributed by atoms with Crippen LogP contribution >= 0.6 is 23.6 Å². The van der Waals surface area contributed by atoms with Crippen molar-refractivity contribution in [3.63, 3.8) is 0 Å². The Hall–Kier alpha value is -2.78. The Morgan fingerprint density at radius 1 is 0.976 bits per heavy atom. The fraction of sp³-hybridized carbons (Fsp3) is 0.667. The van der Waals surface area contributed by atoms with Crippen LogP contribution in [0.25, 0.3) is 0 Å². The van der Waals surface area contributed by atoms with E-state index in [1.165, 1.54) is 0 Å². The number of primary sulfonamides is 1. The highest BCUT2D eigenvalue weighted by Crippen LogP contribution is 2.18. The number of nitrogens with zero attached hydrogens (tertiary/aromatic N) is 5. The van der Waals surface area contributed by atoms with E-state index in [4.69, 9.17) is 26.8 Å². The molecule has 0 unspecified atom stereocenters. The summed E-state index contributed by atoms with van der Waals surface area (Å²) >= 11 is 5.65. The van der Waals surface area contributed by atoms with Crippen molar-refractivity contribution in [3.05, 3.63) is 11.9 Å². The number of nitrogens with one attached hydrogen (secondary N) is 4. The number of hydrogen-bond donors (Lipinski definition) is 5. The summed E-state index contributed by atoms with van der Waals surface area (Å²) in [6, 6.07) is 0. The number of nitrogens with two attached hydrogens (primary N) is 1. The van der Waals surface area contributed by atoms with Crippen molar-refractivity contribution in [2.75, 3.05) is 44.8 Å². The Balaban J connectivity index is 1.43. The van der Waals surface area contributed by atoms with Crippen LogP contribution in [0.4, 0.5) is 5.13 Å². The third kappa shape index (κ3) is 15.7. The number of amides is 2. The molecule has 0 bridgehead atoms. The lowest BCUT2D eigenvalue weighted by Crippen LogP contribution is -2.35. The fourth-order valence-electron chi connectivity index (χ4n) is 3.28.